The van der Waals surface area contributed by atoms with E-state index in [-0.39, 0.29) is 11.5 Å². The first-order chi connectivity index (χ1) is 13.7. The fourth-order valence-corrected chi connectivity index (χ4v) is 5.10. The van der Waals surface area contributed by atoms with Crippen LogP contribution >= 0.6 is 22.9 Å². The summed E-state index contributed by atoms with van der Waals surface area (Å²) < 4.78 is 2.22. The molecule has 3 heterocycles. The van der Waals surface area contributed by atoms with Crippen LogP contribution in [0.4, 0.5) is 0 Å². The fraction of sp³-hybridized carbons (Fsp3) is 0.435. The number of fused-ring (bicyclic) bond motifs is 3. The van der Waals surface area contributed by atoms with Crippen LogP contribution in [0.2, 0.25) is 5.02 Å². The van der Waals surface area contributed by atoms with E-state index in [0.717, 1.165) is 40.8 Å². The molecule has 0 bridgehead atoms. The Balaban J connectivity index is 1.95. The Morgan fingerprint density at radius 1 is 1.07 bits per heavy atom. The molecule has 2 aromatic heterocycles. The molecule has 152 valence electrons. The second kappa shape index (κ2) is 7.37. The average molecular weight is 427 g/mol. The monoisotopic (exact) mass is 426 g/mol. The number of aliphatic imine (C=N–C) groups is 1. The van der Waals surface area contributed by atoms with Crippen molar-refractivity contribution in [3.8, 4) is 5.00 Å². The second-order valence-corrected chi connectivity index (χ2v) is 10.6. The maximum atomic E-state index is 6.16. The third-order valence-electron chi connectivity index (χ3n) is 5.52. The van der Waals surface area contributed by atoms with Crippen LogP contribution in [0.5, 0.6) is 0 Å². The van der Waals surface area contributed by atoms with E-state index in [1.165, 1.54) is 21.0 Å². The van der Waals surface area contributed by atoms with Crippen LogP contribution in [0.3, 0.4) is 0 Å². The third kappa shape index (κ3) is 3.78. The number of halogens is 1. The topological polar surface area (TPSA) is 43.1 Å². The zero-order chi connectivity index (χ0) is 20.9. The second-order valence-electron chi connectivity index (χ2n) is 9.00. The molecule has 4 nitrogen and oxygen atoms in total. The van der Waals surface area contributed by atoms with E-state index in [1.54, 1.807) is 11.3 Å². The Labute approximate surface area is 181 Å². The SMILES string of the molecule is Cc1sc2c(c1C)C(c1ccc(Cl)cc1)=N[C@@H](CCC(C)(C)C)c1nnc(C)n1-2. The highest BCUT2D eigenvalue weighted by molar-refractivity contribution is 7.15. The Morgan fingerprint density at radius 2 is 1.76 bits per heavy atom. The molecule has 1 aliphatic heterocycles. The summed E-state index contributed by atoms with van der Waals surface area (Å²) in [5, 5.41) is 10.9. The van der Waals surface area contributed by atoms with Gasteiger partial charge in [-0.1, -0.05) is 44.5 Å². The normalized spacial score (nSPS) is 16.2. The summed E-state index contributed by atoms with van der Waals surface area (Å²) in [7, 11) is 0. The molecule has 0 radical (unpaired) electrons. The fourth-order valence-electron chi connectivity index (χ4n) is 3.76. The number of rotatable bonds is 3. The highest BCUT2D eigenvalue weighted by atomic mass is 35.5. The summed E-state index contributed by atoms with van der Waals surface area (Å²) in [6.07, 6.45) is 2.00. The molecule has 1 atom stereocenters. The van der Waals surface area contributed by atoms with Gasteiger partial charge < -0.3 is 0 Å². The Hall–Kier alpha value is -1.98. The summed E-state index contributed by atoms with van der Waals surface area (Å²) in [6.45, 7) is 13.2. The van der Waals surface area contributed by atoms with E-state index in [2.05, 4.69) is 61.5 Å². The maximum absolute atomic E-state index is 6.16. The van der Waals surface area contributed by atoms with Gasteiger partial charge in [-0.3, -0.25) is 9.56 Å². The number of hydrogen-bond acceptors (Lipinski definition) is 4. The van der Waals surface area contributed by atoms with Gasteiger partial charge in [-0.25, -0.2) is 0 Å². The largest absolute Gasteiger partial charge is 0.273 e. The lowest BCUT2D eigenvalue weighted by molar-refractivity contribution is 0.347. The van der Waals surface area contributed by atoms with Gasteiger partial charge in [-0.15, -0.1) is 21.5 Å². The van der Waals surface area contributed by atoms with E-state index in [4.69, 9.17) is 16.6 Å². The van der Waals surface area contributed by atoms with Gasteiger partial charge >= 0.3 is 0 Å². The molecule has 0 aliphatic carbocycles. The van der Waals surface area contributed by atoms with Crippen molar-refractivity contribution in [2.45, 2.75) is 60.4 Å². The van der Waals surface area contributed by atoms with Crippen LogP contribution in [0.15, 0.2) is 29.3 Å². The molecule has 0 saturated heterocycles. The summed E-state index contributed by atoms with van der Waals surface area (Å²) in [5.41, 5.74) is 4.82. The third-order valence-corrected chi connectivity index (χ3v) is 6.97. The highest BCUT2D eigenvalue weighted by Crippen LogP contribution is 2.40. The molecule has 0 saturated carbocycles. The smallest absolute Gasteiger partial charge is 0.163 e. The van der Waals surface area contributed by atoms with Crippen molar-refractivity contribution < 1.29 is 0 Å². The first-order valence-corrected chi connectivity index (χ1v) is 11.2. The number of hydrogen-bond donors (Lipinski definition) is 0. The van der Waals surface area contributed by atoms with Gasteiger partial charge in [-0.2, -0.15) is 0 Å². The molecule has 0 unspecified atom stereocenters. The Kier molecular flexibility index (Phi) is 5.16. The number of aromatic nitrogens is 3. The van der Waals surface area contributed by atoms with Gasteiger partial charge in [0.15, 0.2) is 5.82 Å². The predicted octanol–water partition coefficient (Wildman–Crippen LogP) is 6.63. The Bertz CT molecular complexity index is 1080. The summed E-state index contributed by atoms with van der Waals surface area (Å²) in [6, 6.07) is 7.98. The molecule has 0 fully saturated rings. The van der Waals surface area contributed by atoms with Crippen molar-refractivity contribution in [1.29, 1.82) is 0 Å². The van der Waals surface area contributed by atoms with E-state index in [9.17, 15) is 0 Å². The van der Waals surface area contributed by atoms with Crippen molar-refractivity contribution >= 4 is 28.6 Å². The van der Waals surface area contributed by atoms with Gasteiger partial charge in [-0.05, 0) is 56.7 Å². The van der Waals surface area contributed by atoms with E-state index in [0.29, 0.717) is 0 Å². The number of benzene rings is 1. The highest BCUT2D eigenvalue weighted by Gasteiger charge is 2.31. The predicted molar refractivity (Wildman–Crippen MR) is 122 cm³/mol. The van der Waals surface area contributed by atoms with Crippen LogP contribution < -0.4 is 0 Å². The van der Waals surface area contributed by atoms with Gasteiger partial charge in [0, 0.05) is 21.0 Å². The molecule has 6 heteroatoms. The molecule has 3 aromatic rings. The van der Waals surface area contributed by atoms with Crippen LogP contribution in [0.25, 0.3) is 5.00 Å². The quantitative estimate of drug-likeness (QED) is 0.471. The van der Waals surface area contributed by atoms with Crippen molar-refractivity contribution in [2.75, 3.05) is 0 Å². The van der Waals surface area contributed by atoms with Crippen LogP contribution in [-0.4, -0.2) is 20.5 Å². The molecular formula is C23H27ClN4S. The summed E-state index contributed by atoms with van der Waals surface area (Å²) in [4.78, 5) is 6.60. The number of aryl methyl sites for hydroxylation is 2. The zero-order valence-electron chi connectivity index (χ0n) is 17.9. The molecule has 0 spiro atoms. The van der Waals surface area contributed by atoms with Gasteiger partial charge in [0.05, 0.1) is 5.71 Å². The molecule has 29 heavy (non-hydrogen) atoms. The van der Waals surface area contributed by atoms with E-state index in [1.807, 2.05) is 19.1 Å². The van der Waals surface area contributed by atoms with Gasteiger partial charge in [0.25, 0.3) is 0 Å². The van der Waals surface area contributed by atoms with Crippen molar-refractivity contribution in [2.24, 2.45) is 10.4 Å². The maximum Gasteiger partial charge on any atom is 0.163 e. The van der Waals surface area contributed by atoms with Crippen LogP contribution in [0, 0.1) is 26.2 Å². The minimum atomic E-state index is -0.0274. The van der Waals surface area contributed by atoms with Gasteiger partial charge in [0.2, 0.25) is 0 Å². The molecule has 0 amide bonds. The first kappa shape index (κ1) is 20.3. The van der Waals surface area contributed by atoms with Crippen molar-refractivity contribution in [3.63, 3.8) is 0 Å². The molecule has 4 rings (SSSR count). The van der Waals surface area contributed by atoms with Gasteiger partial charge in [0.1, 0.15) is 16.9 Å². The first-order valence-electron chi connectivity index (χ1n) is 10.0. The number of nitrogens with zero attached hydrogens (tertiary/aromatic N) is 4. The molecule has 1 aliphatic rings. The van der Waals surface area contributed by atoms with E-state index >= 15 is 0 Å². The molecular weight excluding hydrogens is 400 g/mol. The van der Waals surface area contributed by atoms with E-state index < -0.39 is 0 Å². The zero-order valence-corrected chi connectivity index (χ0v) is 19.4. The van der Waals surface area contributed by atoms with Crippen molar-refractivity contribution in [3.05, 3.63) is 62.5 Å². The molecule has 1 aromatic carbocycles. The lowest BCUT2D eigenvalue weighted by Gasteiger charge is -2.20. The Morgan fingerprint density at radius 3 is 2.41 bits per heavy atom. The lowest BCUT2D eigenvalue weighted by atomic mass is 9.88. The number of thiophene rings is 1. The summed E-state index contributed by atoms with van der Waals surface area (Å²) in [5.74, 6) is 1.86. The van der Waals surface area contributed by atoms with Crippen LogP contribution in [-0.2, 0) is 0 Å². The van der Waals surface area contributed by atoms with Crippen molar-refractivity contribution in [1.82, 2.24) is 14.8 Å². The van der Waals surface area contributed by atoms with Crippen LogP contribution in [0.1, 0.15) is 72.9 Å². The standard InChI is InChI=1S/C23H27ClN4S/c1-13-14(2)29-22-19(13)20(16-7-9-17(24)10-8-16)25-18(11-12-23(4,5)6)21-27-26-15(3)28(21)22/h7-10,18H,11-12H2,1-6H3/t18-/m0/s1. The summed E-state index contributed by atoms with van der Waals surface area (Å²) >= 11 is 7.96. The lowest BCUT2D eigenvalue weighted by Crippen LogP contribution is -2.11. The molecule has 0 N–H and O–H groups in total. The minimum absolute atomic E-state index is 0.0274. The average Bonchev–Trinajstić information content (AvgIpc) is 3.11. The minimum Gasteiger partial charge on any atom is -0.273 e.